The number of nitriles is 1. The summed E-state index contributed by atoms with van der Waals surface area (Å²) in [5.74, 6) is -0.245. The maximum Gasteiger partial charge on any atom is 0.254 e. The molecule has 0 aliphatic carbocycles. The van der Waals surface area contributed by atoms with Gasteiger partial charge >= 0.3 is 0 Å². The van der Waals surface area contributed by atoms with Gasteiger partial charge < -0.3 is 10.0 Å². The molecule has 0 fully saturated rings. The molecule has 0 saturated heterocycles. The number of phenolic OH excluding ortho intramolecular Hbond substituents is 1. The second kappa shape index (κ2) is 5.52. The number of hydrogen-bond donors (Lipinski definition) is 1. The van der Waals surface area contributed by atoms with E-state index in [0.29, 0.717) is 16.6 Å². The first-order valence-electron chi connectivity index (χ1n) is 4.75. The molecule has 0 saturated carbocycles. The summed E-state index contributed by atoms with van der Waals surface area (Å²) in [6.45, 7) is 2.31. The molecule has 0 heterocycles. The van der Waals surface area contributed by atoms with Crippen molar-refractivity contribution in [1.82, 2.24) is 4.90 Å². The van der Waals surface area contributed by atoms with Gasteiger partial charge in [0, 0.05) is 12.1 Å². The fourth-order valence-electron chi connectivity index (χ4n) is 1.24. The molecule has 1 amide bonds. The maximum absolute atomic E-state index is 11.9. The lowest BCUT2D eigenvalue weighted by Crippen LogP contribution is -2.31. The number of nitrogens with zero attached hydrogens (tertiary/aromatic N) is 2. The van der Waals surface area contributed by atoms with Crippen LogP contribution in [0.15, 0.2) is 22.7 Å². The average Bonchev–Trinajstić information content (AvgIpc) is 2.28. The molecule has 1 aromatic rings. The van der Waals surface area contributed by atoms with Crippen molar-refractivity contribution in [3.63, 3.8) is 0 Å². The van der Waals surface area contributed by atoms with E-state index < -0.39 is 0 Å². The van der Waals surface area contributed by atoms with Crippen molar-refractivity contribution in [2.75, 3.05) is 13.1 Å². The quantitative estimate of drug-likeness (QED) is 0.864. The number of carbonyl (C=O) groups is 1. The lowest BCUT2D eigenvalue weighted by atomic mass is 10.2. The highest BCUT2D eigenvalue weighted by atomic mass is 79.9. The Morgan fingerprint density at radius 1 is 1.62 bits per heavy atom. The molecule has 0 aromatic heterocycles. The summed E-state index contributed by atoms with van der Waals surface area (Å²) >= 11 is 3.14. The van der Waals surface area contributed by atoms with Crippen LogP contribution in [0.3, 0.4) is 0 Å². The molecule has 1 rings (SSSR count). The van der Waals surface area contributed by atoms with Crippen molar-refractivity contribution in [2.24, 2.45) is 0 Å². The number of hydrogen-bond acceptors (Lipinski definition) is 3. The molecular formula is C11H11BrN2O2. The van der Waals surface area contributed by atoms with Crippen LogP contribution >= 0.6 is 15.9 Å². The van der Waals surface area contributed by atoms with E-state index in [0.717, 1.165) is 0 Å². The molecule has 4 nitrogen and oxygen atoms in total. The van der Waals surface area contributed by atoms with Crippen LogP contribution < -0.4 is 0 Å². The summed E-state index contributed by atoms with van der Waals surface area (Å²) in [5.41, 5.74) is 0.373. The molecule has 5 heteroatoms. The predicted molar refractivity (Wildman–Crippen MR) is 63.0 cm³/mol. The van der Waals surface area contributed by atoms with E-state index in [9.17, 15) is 9.90 Å². The predicted octanol–water partition coefficient (Wildman–Crippen LogP) is 2.14. The van der Waals surface area contributed by atoms with Gasteiger partial charge in [0.2, 0.25) is 0 Å². The van der Waals surface area contributed by atoms with Crippen LogP contribution in [-0.2, 0) is 0 Å². The van der Waals surface area contributed by atoms with Gasteiger partial charge in [-0.2, -0.15) is 5.26 Å². The van der Waals surface area contributed by atoms with Crippen LogP contribution in [0.5, 0.6) is 5.75 Å². The largest absolute Gasteiger partial charge is 0.507 e. The Morgan fingerprint density at radius 3 is 2.81 bits per heavy atom. The number of carbonyl (C=O) groups excluding carboxylic acids is 1. The Balaban J connectivity index is 2.95. The highest BCUT2D eigenvalue weighted by molar-refractivity contribution is 9.10. The van der Waals surface area contributed by atoms with Gasteiger partial charge in [-0.25, -0.2) is 0 Å². The van der Waals surface area contributed by atoms with Crippen molar-refractivity contribution < 1.29 is 9.90 Å². The Bertz CT molecular complexity index is 440. The first-order chi connectivity index (χ1) is 7.60. The summed E-state index contributed by atoms with van der Waals surface area (Å²) in [5, 5.41) is 18.0. The van der Waals surface area contributed by atoms with Gasteiger partial charge in [-0.1, -0.05) is 0 Å². The molecule has 0 aliphatic heterocycles. The zero-order valence-electron chi connectivity index (χ0n) is 8.77. The maximum atomic E-state index is 11.9. The van der Waals surface area contributed by atoms with Crippen LogP contribution in [0.1, 0.15) is 17.3 Å². The third-order valence-electron chi connectivity index (χ3n) is 2.12. The van der Waals surface area contributed by atoms with E-state index >= 15 is 0 Å². The Labute approximate surface area is 102 Å². The molecule has 1 aromatic carbocycles. The van der Waals surface area contributed by atoms with E-state index in [1.807, 2.05) is 6.07 Å². The summed E-state index contributed by atoms with van der Waals surface area (Å²) < 4.78 is 0.535. The fraction of sp³-hybridized carbons (Fsp3) is 0.273. The molecular weight excluding hydrogens is 272 g/mol. The molecule has 0 unspecified atom stereocenters. The molecule has 0 bridgehead atoms. The average molecular weight is 283 g/mol. The molecule has 0 radical (unpaired) electrons. The monoisotopic (exact) mass is 282 g/mol. The molecule has 84 valence electrons. The van der Waals surface area contributed by atoms with E-state index in [1.54, 1.807) is 19.1 Å². The minimum atomic E-state index is -0.258. The number of halogens is 1. The van der Waals surface area contributed by atoms with Crippen LogP contribution in [0, 0.1) is 11.3 Å². The van der Waals surface area contributed by atoms with Crippen molar-refractivity contribution in [3.8, 4) is 11.8 Å². The van der Waals surface area contributed by atoms with Gasteiger partial charge in [0.15, 0.2) is 0 Å². The Kier molecular flexibility index (Phi) is 4.32. The lowest BCUT2D eigenvalue weighted by molar-refractivity contribution is 0.0783. The first kappa shape index (κ1) is 12.5. The topological polar surface area (TPSA) is 64.3 Å². The smallest absolute Gasteiger partial charge is 0.254 e. The number of rotatable bonds is 3. The van der Waals surface area contributed by atoms with Crippen molar-refractivity contribution >= 4 is 21.8 Å². The molecule has 1 N–H and O–H groups in total. The van der Waals surface area contributed by atoms with Crippen molar-refractivity contribution in [3.05, 3.63) is 28.2 Å². The van der Waals surface area contributed by atoms with Crippen LogP contribution in [-0.4, -0.2) is 29.0 Å². The lowest BCUT2D eigenvalue weighted by Gasteiger charge is -2.17. The van der Waals surface area contributed by atoms with Crippen LogP contribution in [0.25, 0.3) is 0 Å². The number of benzene rings is 1. The van der Waals surface area contributed by atoms with Crippen molar-refractivity contribution in [1.29, 1.82) is 5.26 Å². The highest BCUT2D eigenvalue weighted by Crippen LogP contribution is 2.24. The minimum Gasteiger partial charge on any atom is -0.507 e. The minimum absolute atomic E-state index is 0.0128. The SMILES string of the molecule is CCN(CC#N)C(=O)c1ccc(Br)c(O)c1. The van der Waals surface area contributed by atoms with E-state index in [1.165, 1.54) is 11.0 Å². The fourth-order valence-corrected chi connectivity index (χ4v) is 1.49. The second-order valence-corrected chi connectivity index (χ2v) is 4.00. The Morgan fingerprint density at radius 2 is 2.31 bits per heavy atom. The summed E-state index contributed by atoms with van der Waals surface area (Å²) in [7, 11) is 0. The van der Waals surface area contributed by atoms with Crippen LogP contribution in [0.4, 0.5) is 0 Å². The third kappa shape index (κ3) is 2.74. The van der Waals surface area contributed by atoms with Gasteiger partial charge in [0.05, 0.1) is 10.5 Å². The van der Waals surface area contributed by atoms with E-state index in [4.69, 9.17) is 5.26 Å². The highest BCUT2D eigenvalue weighted by Gasteiger charge is 2.14. The number of amides is 1. The zero-order chi connectivity index (χ0) is 12.1. The van der Waals surface area contributed by atoms with Gasteiger partial charge in [-0.05, 0) is 41.1 Å². The third-order valence-corrected chi connectivity index (χ3v) is 2.79. The second-order valence-electron chi connectivity index (χ2n) is 3.14. The van der Waals surface area contributed by atoms with Gasteiger partial charge in [-0.15, -0.1) is 0 Å². The standard InChI is InChI=1S/C11H11BrN2O2/c1-2-14(6-5-13)11(16)8-3-4-9(12)10(15)7-8/h3-4,7,15H,2,6H2,1H3. The van der Waals surface area contributed by atoms with E-state index in [2.05, 4.69) is 15.9 Å². The summed E-state index contributed by atoms with van der Waals surface area (Å²) in [4.78, 5) is 13.3. The van der Waals surface area contributed by atoms with Gasteiger partial charge in [0.25, 0.3) is 5.91 Å². The summed E-state index contributed by atoms with van der Waals surface area (Å²) in [6.07, 6.45) is 0. The molecule has 0 atom stereocenters. The van der Waals surface area contributed by atoms with Gasteiger partial charge in [-0.3, -0.25) is 4.79 Å². The molecule has 0 aliphatic rings. The molecule has 16 heavy (non-hydrogen) atoms. The first-order valence-corrected chi connectivity index (χ1v) is 5.54. The Hall–Kier alpha value is -1.54. The molecule has 0 spiro atoms. The van der Waals surface area contributed by atoms with Crippen LogP contribution in [0.2, 0.25) is 0 Å². The van der Waals surface area contributed by atoms with E-state index in [-0.39, 0.29) is 18.2 Å². The normalized spacial score (nSPS) is 9.56. The zero-order valence-corrected chi connectivity index (χ0v) is 10.4. The summed E-state index contributed by atoms with van der Waals surface area (Å²) in [6, 6.07) is 6.51. The van der Waals surface area contributed by atoms with Crippen molar-refractivity contribution in [2.45, 2.75) is 6.92 Å². The number of phenols is 1. The van der Waals surface area contributed by atoms with Gasteiger partial charge in [0.1, 0.15) is 12.3 Å². The number of aromatic hydroxyl groups is 1.